The van der Waals surface area contributed by atoms with Crippen LogP contribution in [0.5, 0.6) is 0 Å². The summed E-state index contributed by atoms with van der Waals surface area (Å²) in [5, 5.41) is 0. The molecule has 2 atom stereocenters. The monoisotopic (exact) mass is 157 g/mol. The molecule has 0 amide bonds. The molecule has 0 radical (unpaired) electrons. The van der Waals surface area contributed by atoms with Crippen LogP contribution in [0.2, 0.25) is 0 Å². The van der Waals surface area contributed by atoms with Crippen LogP contribution in [-0.2, 0) is 0 Å². The Balaban J connectivity index is 3.61. The summed E-state index contributed by atoms with van der Waals surface area (Å²) in [6.45, 7) is 6.69. The fourth-order valence-electron chi connectivity index (χ4n) is 1.66. The van der Waals surface area contributed by atoms with Crippen molar-refractivity contribution in [3.8, 4) is 0 Å². The van der Waals surface area contributed by atoms with Crippen LogP contribution in [0.1, 0.15) is 52.9 Å². The van der Waals surface area contributed by atoms with E-state index in [1.807, 2.05) is 0 Å². The smallest absolute Gasteiger partial charge is 0.00669 e. The third-order valence-electron chi connectivity index (χ3n) is 2.41. The van der Waals surface area contributed by atoms with Crippen LogP contribution in [-0.4, -0.2) is 6.04 Å². The minimum atomic E-state index is 0.449. The molecule has 0 aliphatic rings. The highest BCUT2D eigenvalue weighted by Gasteiger charge is 2.13. The molecule has 1 nitrogen and oxygen atoms in total. The van der Waals surface area contributed by atoms with Gasteiger partial charge >= 0.3 is 0 Å². The Kier molecular flexibility index (Phi) is 6.63. The molecule has 0 rings (SSSR count). The van der Waals surface area contributed by atoms with Crippen molar-refractivity contribution >= 4 is 0 Å². The first-order valence-electron chi connectivity index (χ1n) is 5.01. The van der Waals surface area contributed by atoms with Gasteiger partial charge in [-0.05, 0) is 18.8 Å². The zero-order chi connectivity index (χ0) is 8.69. The average molecular weight is 157 g/mol. The van der Waals surface area contributed by atoms with Gasteiger partial charge in [0.25, 0.3) is 0 Å². The van der Waals surface area contributed by atoms with E-state index in [0.29, 0.717) is 6.04 Å². The van der Waals surface area contributed by atoms with Crippen molar-refractivity contribution < 1.29 is 0 Å². The van der Waals surface area contributed by atoms with E-state index in [1.165, 1.54) is 32.1 Å². The molecular weight excluding hydrogens is 134 g/mol. The zero-order valence-corrected chi connectivity index (χ0v) is 8.27. The van der Waals surface area contributed by atoms with E-state index in [0.717, 1.165) is 5.92 Å². The van der Waals surface area contributed by atoms with Gasteiger partial charge in [-0.15, -0.1) is 0 Å². The van der Waals surface area contributed by atoms with Crippen molar-refractivity contribution in [2.75, 3.05) is 0 Å². The van der Waals surface area contributed by atoms with Gasteiger partial charge in [0.1, 0.15) is 0 Å². The molecule has 2 unspecified atom stereocenters. The summed E-state index contributed by atoms with van der Waals surface area (Å²) >= 11 is 0. The lowest BCUT2D eigenvalue weighted by molar-refractivity contribution is 0.360. The lowest BCUT2D eigenvalue weighted by atomic mass is 9.90. The maximum absolute atomic E-state index is 6.03. The Morgan fingerprint density at radius 1 is 1.00 bits per heavy atom. The van der Waals surface area contributed by atoms with Crippen LogP contribution in [0.3, 0.4) is 0 Å². The molecule has 0 saturated carbocycles. The van der Waals surface area contributed by atoms with Crippen molar-refractivity contribution in [1.29, 1.82) is 0 Å². The van der Waals surface area contributed by atoms with E-state index in [-0.39, 0.29) is 0 Å². The first-order valence-corrected chi connectivity index (χ1v) is 5.01. The average Bonchev–Trinajstić information content (AvgIpc) is 2.00. The Hall–Kier alpha value is -0.0400. The second kappa shape index (κ2) is 6.66. The fourth-order valence-corrected chi connectivity index (χ4v) is 1.66. The number of rotatable bonds is 6. The second-order valence-corrected chi connectivity index (χ2v) is 3.41. The Bertz CT molecular complexity index is 80.9. The van der Waals surface area contributed by atoms with E-state index in [2.05, 4.69) is 20.8 Å². The summed E-state index contributed by atoms with van der Waals surface area (Å²) in [6, 6.07) is 0.449. The van der Waals surface area contributed by atoms with Gasteiger partial charge in [-0.1, -0.05) is 40.0 Å². The topological polar surface area (TPSA) is 26.0 Å². The van der Waals surface area contributed by atoms with E-state index in [4.69, 9.17) is 5.73 Å². The van der Waals surface area contributed by atoms with Crippen LogP contribution in [0.4, 0.5) is 0 Å². The first kappa shape index (κ1) is 11.0. The second-order valence-electron chi connectivity index (χ2n) is 3.41. The third-order valence-corrected chi connectivity index (χ3v) is 2.41. The highest BCUT2D eigenvalue weighted by Crippen LogP contribution is 2.16. The van der Waals surface area contributed by atoms with Crippen molar-refractivity contribution in [2.45, 2.75) is 58.9 Å². The van der Waals surface area contributed by atoms with Crippen LogP contribution in [0.25, 0.3) is 0 Å². The molecular formula is C10H23N. The Morgan fingerprint density at radius 2 is 1.55 bits per heavy atom. The van der Waals surface area contributed by atoms with Crippen LogP contribution in [0.15, 0.2) is 0 Å². The maximum Gasteiger partial charge on any atom is 0.00669 e. The first-order chi connectivity index (χ1) is 5.26. The molecule has 1 heteroatoms. The quantitative estimate of drug-likeness (QED) is 0.630. The molecule has 0 bridgehead atoms. The van der Waals surface area contributed by atoms with Gasteiger partial charge in [0, 0.05) is 6.04 Å². The van der Waals surface area contributed by atoms with Gasteiger partial charge in [0.15, 0.2) is 0 Å². The van der Waals surface area contributed by atoms with E-state index in [9.17, 15) is 0 Å². The highest BCUT2D eigenvalue weighted by molar-refractivity contribution is 4.70. The normalized spacial score (nSPS) is 16.4. The van der Waals surface area contributed by atoms with Crippen LogP contribution >= 0.6 is 0 Å². The number of hydrogen-bond acceptors (Lipinski definition) is 1. The predicted octanol–water partition coefficient (Wildman–Crippen LogP) is 2.94. The molecule has 0 heterocycles. The van der Waals surface area contributed by atoms with E-state index in [1.54, 1.807) is 0 Å². The summed E-state index contributed by atoms with van der Waals surface area (Å²) in [5.41, 5.74) is 6.03. The van der Waals surface area contributed by atoms with Crippen LogP contribution < -0.4 is 5.73 Å². The molecule has 0 aromatic heterocycles. The fraction of sp³-hybridized carbons (Fsp3) is 1.00. The van der Waals surface area contributed by atoms with Gasteiger partial charge in [0.2, 0.25) is 0 Å². The molecule has 0 spiro atoms. The molecule has 0 aliphatic heterocycles. The zero-order valence-electron chi connectivity index (χ0n) is 8.27. The van der Waals surface area contributed by atoms with Gasteiger partial charge < -0.3 is 5.73 Å². The SMILES string of the molecule is CCCC(N)C(CC)CCC. The van der Waals surface area contributed by atoms with Crippen molar-refractivity contribution in [2.24, 2.45) is 11.7 Å². The maximum atomic E-state index is 6.03. The largest absolute Gasteiger partial charge is 0.327 e. The lowest BCUT2D eigenvalue weighted by Gasteiger charge is -2.21. The van der Waals surface area contributed by atoms with Gasteiger partial charge in [-0.25, -0.2) is 0 Å². The van der Waals surface area contributed by atoms with Gasteiger partial charge in [0.05, 0.1) is 0 Å². The molecule has 68 valence electrons. The molecule has 0 aliphatic carbocycles. The predicted molar refractivity (Wildman–Crippen MR) is 51.6 cm³/mol. The minimum Gasteiger partial charge on any atom is -0.327 e. The van der Waals surface area contributed by atoms with Crippen LogP contribution in [0, 0.1) is 5.92 Å². The molecule has 0 aromatic rings. The molecule has 0 saturated heterocycles. The van der Waals surface area contributed by atoms with Gasteiger partial charge in [-0.3, -0.25) is 0 Å². The summed E-state index contributed by atoms with van der Waals surface area (Å²) < 4.78 is 0. The van der Waals surface area contributed by atoms with Crippen molar-refractivity contribution in [1.82, 2.24) is 0 Å². The highest BCUT2D eigenvalue weighted by atomic mass is 14.6. The third kappa shape index (κ3) is 4.41. The molecule has 11 heavy (non-hydrogen) atoms. The molecule has 2 N–H and O–H groups in total. The molecule has 0 fully saturated rings. The van der Waals surface area contributed by atoms with Gasteiger partial charge in [-0.2, -0.15) is 0 Å². The Morgan fingerprint density at radius 3 is 1.91 bits per heavy atom. The summed E-state index contributed by atoms with van der Waals surface area (Å²) in [5.74, 6) is 0.764. The summed E-state index contributed by atoms with van der Waals surface area (Å²) in [7, 11) is 0. The molecule has 0 aromatic carbocycles. The number of hydrogen-bond donors (Lipinski definition) is 1. The minimum absolute atomic E-state index is 0.449. The van der Waals surface area contributed by atoms with Crippen molar-refractivity contribution in [3.63, 3.8) is 0 Å². The summed E-state index contributed by atoms with van der Waals surface area (Å²) in [6.07, 6.45) is 6.24. The lowest BCUT2D eigenvalue weighted by Crippen LogP contribution is -2.29. The van der Waals surface area contributed by atoms with E-state index < -0.39 is 0 Å². The number of nitrogens with two attached hydrogens (primary N) is 1. The summed E-state index contributed by atoms with van der Waals surface area (Å²) in [4.78, 5) is 0. The standard InChI is InChI=1S/C10H23N/c1-4-7-9(6-3)10(11)8-5-2/h9-10H,4-8,11H2,1-3H3. The van der Waals surface area contributed by atoms with Crippen molar-refractivity contribution in [3.05, 3.63) is 0 Å². The Labute approximate surface area is 71.4 Å². The van der Waals surface area contributed by atoms with E-state index >= 15 is 0 Å².